The van der Waals surface area contributed by atoms with Gasteiger partial charge >= 0.3 is 5.97 Å². The predicted octanol–water partition coefficient (Wildman–Crippen LogP) is 5.00. The number of esters is 1. The molecule has 0 N–H and O–H groups in total. The molecule has 29 heavy (non-hydrogen) atoms. The number of carbonyl (C=O) groups is 1. The number of benzene rings is 2. The molecule has 6 nitrogen and oxygen atoms in total. The molecule has 0 saturated heterocycles. The van der Waals surface area contributed by atoms with Crippen molar-refractivity contribution in [2.75, 3.05) is 0 Å². The molecule has 2 atom stereocenters. The third kappa shape index (κ3) is 4.96. The van der Waals surface area contributed by atoms with Crippen molar-refractivity contribution in [3.05, 3.63) is 64.5 Å². The highest BCUT2D eigenvalue weighted by atomic mass is 16.6. The Morgan fingerprint density at radius 1 is 1.07 bits per heavy atom. The van der Waals surface area contributed by atoms with Gasteiger partial charge in [-0.05, 0) is 51.5 Å². The lowest BCUT2D eigenvalue weighted by atomic mass is 10.2. The summed E-state index contributed by atoms with van der Waals surface area (Å²) in [6.07, 6.45) is 1.05. The number of aryl methyl sites for hydroxylation is 1. The van der Waals surface area contributed by atoms with Crippen molar-refractivity contribution in [3.63, 3.8) is 0 Å². The van der Waals surface area contributed by atoms with Gasteiger partial charge in [0, 0.05) is 6.07 Å². The topological polar surface area (TPSA) is 75.0 Å². The van der Waals surface area contributed by atoms with Crippen LogP contribution in [-0.2, 0) is 9.53 Å². The van der Waals surface area contributed by atoms with E-state index in [-0.39, 0.29) is 17.3 Å². The van der Waals surface area contributed by atoms with Crippen molar-refractivity contribution in [2.45, 2.75) is 46.3 Å². The van der Waals surface area contributed by atoms with E-state index in [1.54, 1.807) is 37.3 Å². The van der Waals surface area contributed by atoms with Crippen LogP contribution in [0.4, 0.5) is 0 Å². The molecule has 0 aliphatic heterocycles. The molecule has 2 aromatic carbocycles. The second-order valence-corrected chi connectivity index (χ2v) is 6.92. The lowest BCUT2D eigenvalue weighted by Crippen LogP contribution is -2.29. The molecule has 1 heterocycles. The van der Waals surface area contributed by atoms with Gasteiger partial charge in [0.15, 0.2) is 6.10 Å². The second kappa shape index (κ2) is 8.82. The summed E-state index contributed by atoms with van der Waals surface area (Å²) in [6, 6.07) is 12.1. The molecular weight excluding hydrogens is 372 g/mol. The molecule has 0 fully saturated rings. The van der Waals surface area contributed by atoms with E-state index in [2.05, 4.69) is 0 Å². The maximum Gasteiger partial charge on any atom is 0.347 e. The average molecular weight is 396 g/mol. The Morgan fingerprint density at radius 2 is 1.76 bits per heavy atom. The fourth-order valence-electron chi connectivity index (χ4n) is 2.60. The quantitative estimate of drug-likeness (QED) is 0.523. The average Bonchev–Trinajstić information content (AvgIpc) is 2.71. The summed E-state index contributed by atoms with van der Waals surface area (Å²) in [5.41, 5.74) is 1.14. The van der Waals surface area contributed by atoms with Crippen LogP contribution in [0.25, 0.3) is 11.0 Å². The number of rotatable bonds is 7. The number of hydrogen-bond acceptors (Lipinski definition) is 6. The van der Waals surface area contributed by atoms with Gasteiger partial charge in [-0.3, -0.25) is 4.79 Å². The monoisotopic (exact) mass is 396 g/mol. The van der Waals surface area contributed by atoms with Gasteiger partial charge in [0.05, 0.1) is 11.5 Å². The third-order valence-electron chi connectivity index (χ3n) is 4.50. The van der Waals surface area contributed by atoms with Crippen molar-refractivity contribution < 1.29 is 23.4 Å². The van der Waals surface area contributed by atoms with Gasteiger partial charge in [-0.15, -0.1) is 0 Å². The van der Waals surface area contributed by atoms with E-state index < -0.39 is 12.1 Å². The minimum Gasteiger partial charge on any atom is -0.479 e. The minimum absolute atomic E-state index is 0.0977. The molecule has 3 aromatic rings. The molecule has 0 radical (unpaired) electrons. The summed E-state index contributed by atoms with van der Waals surface area (Å²) >= 11 is 0. The minimum atomic E-state index is -0.780. The number of carbonyl (C=O) groups excluding carboxylic acids is 1. The van der Waals surface area contributed by atoms with Crippen molar-refractivity contribution in [2.24, 2.45) is 0 Å². The molecule has 6 heteroatoms. The molecule has 152 valence electrons. The van der Waals surface area contributed by atoms with Crippen molar-refractivity contribution in [1.29, 1.82) is 0 Å². The highest BCUT2D eigenvalue weighted by molar-refractivity contribution is 5.79. The zero-order chi connectivity index (χ0) is 21.0. The van der Waals surface area contributed by atoms with Crippen LogP contribution in [0.3, 0.4) is 0 Å². The van der Waals surface area contributed by atoms with Crippen LogP contribution in [-0.4, -0.2) is 18.2 Å². The maximum atomic E-state index is 12.7. The number of hydrogen-bond donors (Lipinski definition) is 0. The Labute approximate surface area is 169 Å². The van der Waals surface area contributed by atoms with Crippen molar-refractivity contribution >= 4 is 16.9 Å². The van der Waals surface area contributed by atoms with Crippen LogP contribution in [0.1, 0.15) is 32.8 Å². The maximum absolute atomic E-state index is 12.7. The molecule has 0 unspecified atom stereocenters. The van der Waals surface area contributed by atoms with E-state index >= 15 is 0 Å². The smallest absolute Gasteiger partial charge is 0.347 e. The zero-order valence-electron chi connectivity index (χ0n) is 16.9. The Balaban J connectivity index is 1.78. The van der Waals surface area contributed by atoms with Crippen LogP contribution < -0.4 is 14.9 Å². The van der Waals surface area contributed by atoms with Crippen LogP contribution >= 0.6 is 0 Å². The SMILES string of the molecule is CC[C@@H](C)OC(=O)[C@H](C)Oc1ccc2c(=O)c(Oc3ccc(C)cc3)coc2c1. The molecule has 0 bridgehead atoms. The van der Waals surface area contributed by atoms with Crippen molar-refractivity contribution in [1.82, 2.24) is 0 Å². The number of ether oxygens (including phenoxy) is 3. The van der Waals surface area contributed by atoms with Gasteiger partial charge in [-0.2, -0.15) is 0 Å². The standard InChI is InChI=1S/C23H24O6/c1-5-15(3)27-23(25)16(4)28-18-10-11-19-20(12-18)26-13-21(22(19)24)29-17-8-6-14(2)7-9-17/h6-13,15-16H,5H2,1-4H3/t15-,16+/m1/s1. The zero-order valence-corrected chi connectivity index (χ0v) is 16.9. The highest BCUT2D eigenvalue weighted by Crippen LogP contribution is 2.25. The summed E-state index contributed by atoms with van der Waals surface area (Å²) in [4.78, 5) is 24.7. The Hall–Kier alpha value is -3.28. The molecule has 0 amide bonds. The van der Waals surface area contributed by atoms with E-state index in [0.717, 1.165) is 12.0 Å². The first-order valence-electron chi connectivity index (χ1n) is 9.54. The summed E-state index contributed by atoms with van der Waals surface area (Å²) < 4.78 is 22.1. The summed E-state index contributed by atoms with van der Waals surface area (Å²) in [7, 11) is 0. The first kappa shape index (κ1) is 20.5. The molecular formula is C23H24O6. The summed E-state index contributed by atoms with van der Waals surface area (Å²) in [6.45, 7) is 7.35. The van der Waals surface area contributed by atoms with E-state index in [0.29, 0.717) is 22.5 Å². The van der Waals surface area contributed by atoms with Gasteiger partial charge in [0.25, 0.3) is 0 Å². The fourth-order valence-corrected chi connectivity index (χ4v) is 2.60. The summed E-state index contributed by atoms with van der Waals surface area (Å²) in [5, 5.41) is 0.358. The highest BCUT2D eigenvalue weighted by Gasteiger charge is 2.19. The normalized spacial score (nSPS) is 13.0. The van der Waals surface area contributed by atoms with Crippen molar-refractivity contribution in [3.8, 4) is 17.2 Å². The largest absolute Gasteiger partial charge is 0.479 e. The molecule has 0 spiro atoms. The Morgan fingerprint density at radius 3 is 2.45 bits per heavy atom. The van der Waals surface area contributed by atoms with Crippen LogP contribution in [0, 0.1) is 6.92 Å². The van der Waals surface area contributed by atoms with Crippen LogP contribution in [0.15, 0.2) is 57.9 Å². The lowest BCUT2D eigenvalue weighted by molar-refractivity contribution is -0.155. The van der Waals surface area contributed by atoms with E-state index in [9.17, 15) is 9.59 Å². The van der Waals surface area contributed by atoms with E-state index in [1.807, 2.05) is 32.9 Å². The van der Waals surface area contributed by atoms with Gasteiger partial charge in [0.2, 0.25) is 11.2 Å². The van der Waals surface area contributed by atoms with E-state index in [4.69, 9.17) is 18.6 Å². The molecule has 3 rings (SSSR count). The Kier molecular flexibility index (Phi) is 6.22. The first-order chi connectivity index (χ1) is 13.9. The Bertz CT molecular complexity index is 1050. The van der Waals surface area contributed by atoms with Crippen LogP contribution in [0.2, 0.25) is 0 Å². The van der Waals surface area contributed by atoms with Gasteiger partial charge in [0.1, 0.15) is 23.3 Å². The summed E-state index contributed by atoms with van der Waals surface area (Å²) in [5.74, 6) is 0.612. The number of fused-ring (bicyclic) bond motifs is 1. The predicted molar refractivity (Wildman–Crippen MR) is 110 cm³/mol. The fraction of sp³-hybridized carbons (Fsp3) is 0.304. The molecule has 0 aliphatic rings. The molecule has 0 aliphatic carbocycles. The second-order valence-electron chi connectivity index (χ2n) is 6.92. The molecule has 0 saturated carbocycles. The van der Waals surface area contributed by atoms with E-state index in [1.165, 1.54) is 6.26 Å². The van der Waals surface area contributed by atoms with Crippen LogP contribution in [0.5, 0.6) is 17.2 Å². The van der Waals surface area contributed by atoms with Gasteiger partial charge in [-0.25, -0.2) is 4.79 Å². The molecule has 1 aromatic heterocycles. The lowest BCUT2D eigenvalue weighted by Gasteiger charge is -2.17. The van der Waals surface area contributed by atoms with Gasteiger partial charge in [-0.1, -0.05) is 24.6 Å². The first-order valence-corrected chi connectivity index (χ1v) is 9.54. The van der Waals surface area contributed by atoms with Gasteiger partial charge < -0.3 is 18.6 Å². The third-order valence-corrected chi connectivity index (χ3v) is 4.50.